The van der Waals surface area contributed by atoms with Gasteiger partial charge in [0, 0.05) is 11.8 Å². The summed E-state index contributed by atoms with van der Waals surface area (Å²) in [5, 5.41) is 0.989. The molecule has 0 spiro atoms. The Morgan fingerprint density at radius 3 is 2.88 bits per heavy atom. The zero-order valence-corrected chi connectivity index (χ0v) is 9.33. The molecule has 3 heteroatoms. The number of pyridine rings is 1. The van der Waals surface area contributed by atoms with Crippen molar-refractivity contribution >= 4 is 10.9 Å². The van der Waals surface area contributed by atoms with Gasteiger partial charge in [0.05, 0.1) is 11.1 Å². The van der Waals surface area contributed by atoms with Gasteiger partial charge >= 0.3 is 0 Å². The molecule has 0 bridgehead atoms. The van der Waals surface area contributed by atoms with Crippen molar-refractivity contribution in [2.75, 3.05) is 0 Å². The van der Waals surface area contributed by atoms with Crippen molar-refractivity contribution in [3.05, 3.63) is 40.2 Å². The summed E-state index contributed by atoms with van der Waals surface area (Å²) in [6.07, 6.45) is 0.669. The van der Waals surface area contributed by atoms with E-state index >= 15 is 0 Å². The minimum Gasteiger partial charge on any atom is -0.486 e. The Balaban J connectivity index is 2.40. The van der Waals surface area contributed by atoms with Gasteiger partial charge in [0.2, 0.25) is 0 Å². The smallest absolute Gasteiger partial charge is 0.255 e. The van der Waals surface area contributed by atoms with E-state index < -0.39 is 0 Å². The molecule has 1 aliphatic heterocycles. The fourth-order valence-corrected chi connectivity index (χ4v) is 2.27. The zero-order chi connectivity index (χ0) is 11.3. The van der Waals surface area contributed by atoms with Crippen LogP contribution >= 0.6 is 0 Å². The number of rotatable bonds is 0. The second-order valence-corrected chi connectivity index (χ2v) is 4.85. The normalized spacial score (nSPS) is 17.1. The third kappa shape index (κ3) is 1.24. The van der Waals surface area contributed by atoms with Gasteiger partial charge in [0.1, 0.15) is 11.4 Å². The molecule has 1 N–H and O–H groups in total. The van der Waals surface area contributed by atoms with E-state index in [1.54, 1.807) is 0 Å². The summed E-state index contributed by atoms with van der Waals surface area (Å²) in [5.74, 6) is 0.754. The lowest BCUT2D eigenvalue weighted by molar-refractivity contribution is 0.140. The highest BCUT2D eigenvalue weighted by Gasteiger charge is 2.33. The fourth-order valence-electron chi connectivity index (χ4n) is 2.27. The van der Waals surface area contributed by atoms with E-state index in [0.717, 1.165) is 22.2 Å². The minimum atomic E-state index is -0.278. The topological polar surface area (TPSA) is 42.1 Å². The molecule has 82 valence electrons. The first-order valence-corrected chi connectivity index (χ1v) is 5.40. The predicted octanol–water partition coefficient (Wildman–Crippen LogP) is 2.24. The number of ether oxygens (including phenoxy) is 1. The van der Waals surface area contributed by atoms with E-state index in [1.165, 1.54) is 0 Å². The largest absolute Gasteiger partial charge is 0.486 e. The predicted molar refractivity (Wildman–Crippen MR) is 63.0 cm³/mol. The summed E-state index contributed by atoms with van der Waals surface area (Å²) < 4.78 is 5.87. The fraction of sp³-hybridized carbons (Fsp3) is 0.308. The van der Waals surface area contributed by atoms with Crippen molar-refractivity contribution in [1.29, 1.82) is 0 Å². The highest BCUT2D eigenvalue weighted by Crippen LogP contribution is 2.37. The molecule has 2 aromatic rings. The molecule has 1 aromatic carbocycles. The standard InChI is InChI=1S/C13H13NO2/c1-13(2)7-9-11(16-13)8-5-3-4-6-10(8)14-12(9)15/h3-6H,7H2,1-2H3,(H,14,15). The number of aromatic nitrogens is 1. The molecule has 3 rings (SSSR count). The van der Waals surface area contributed by atoms with Crippen LogP contribution < -0.4 is 10.3 Å². The lowest BCUT2D eigenvalue weighted by Gasteiger charge is -2.17. The third-order valence-electron chi connectivity index (χ3n) is 2.95. The molecule has 0 amide bonds. The van der Waals surface area contributed by atoms with Gasteiger partial charge in [0.25, 0.3) is 5.56 Å². The Bertz CT molecular complexity index is 625. The molecule has 0 aliphatic carbocycles. The maximum atomic E-state index is 11.9. The van der Waals surface area contributed by atoms with Crippen LogP contribution in [0.3, 0.4) is 0 Å². The number of hydrogen-bond acceptors (Lipinski definition) is 2. The second kappa shape index (κ2) is 2.88. The number of aromatic amines is 1. The molecule has 1 aromatic heterocycles. The maximum absolute atomic E-state index is 11.9. The third-order valence-corrected chi connectivity index (χ3v) is 2.95. The molecule has 2 heterocycles. The first-order chi connectivity index (χ1) is 7.57. The van der Waals surface area contributed by atoms with Crippen LogP contribution in [0.5, 0.6) is 5.75 Å². The van der Waals surface area contributed by atoms with Gasteiger partial charge < -0.3 is 9.72 Å². The second-order valence-electron chi connectivity index (χ2n) is 4.85. The van der Waals surface area contributed by atoms with E-state index in [-0.39, 0.29) is 11.2 Å². The number of benzene rings is 1. The summed E-state index contributed by atoms with van der Waals surface area (Å²) in [6, 6.07) is 7.73. The molecule has 0 atom stereocenters. The Kier molecular flexibility index (Phi) is 1.70. The molecular weight excluding hydrogens is 202 g/mol. The lowest BCUT2D eigenvalue weighted by Crippen LogP contribution is -2.25. The summed E-state index contributed by atoms with van der Waals surface area (Å²) in [6.45, 7) is 4.00. The van der Waals surface area contributed by atoms with Crippen molar-refractivity contribution in [3.63, 3.8) is 0 Å². The molecule has 16 heavy (non-hydrogen) atoms. The summed E-state index contributed by atoms with van der Waals surface area (Å²) >= 11 is 0. The molecule has 0 saturated heterocycles. The van der Waals surface area contributed by atoms with Crippen molar-refractivity contribution in [2.45, 2.75) is 25.9 Å². The van der Waals surface area contributed by atoms with Gasteiger partial charge in [-0.15, -0.1) is 0 Å². The average Bonchev–Trinajstić information content (AvgIpc) is 2.55. The summed E-state index contributed by atoms with van der Waals surface area (Å²) in [5.41, 5.74) is 1.30. The van der Waals surface area contributed by atoms with Crippen molar-refractivity contribution < 1.29 is 4.74 Å². The van der Waals surface area contributed by atoms with Crippen LogP contribution in [0.1, 0.15) is 19.4 Å². The average molecular weight is 215 g/mol. The highest BCUT2D eigenvalue weighted by molar-refractivity contribution is 5.86. The van der Waals surface area contributed by atoms with Crippen LogP contribution in [-0.4, -0.2) is 10.6 Å². The zero-order valence-electron chi connectivity index (χ0n) is 9.33. The van der Waals surface area contributed by atoms with E-state index in [2.05, 4.69) is 4.98 Å². The van der Waals surface area contributed by atoms with E-state index in [1.807, 2.05) is 38.1 Å². The van der Waals surface area contributed by atoms with Gasteiger partial charge in [-0.1, -0.05) is 12.1 Å². The molecule has 0 radical (unpaired) electrons. The van der Waals surface area contributed by atoms with Crippen LogP contribution in [0.15, 0.2) is 29.1 Å². The minimum absolute atomic E-state index is 0.0284. The molecule has 1 aliphatic rings. The van der Waals surface area contributed by atoms with Gasteiger partial charge in [0.15, 0.2) is 0 Å². The van der Waals surface area contributed by atoms with Crippen LogP contribution in [0, 0.1) is 0 Å². The monoisotopic (exact) mass is 215 g/mol. The molecule has 0 unspecified atom stereocenters. The highest BCUT2D eigenvalue weighted by atomic mass is 16.5. The molecule has 0 saturated carbocycles. The summed E-state index contributed by atoms with van der Waals surface area (Å²) in [7, 11) is 0. The Hall–Kier alpha value is -1.77. The molecule has 3 nitrogen and oxygen atoms in total. The quantitative estimate of drug-likeness (QED) is 0.732. The number of H-pyrrole nitrogens is 1. The number of para-hydroxylation sites is 1. The SMILES string of the molecule is CC1(C)Cc2c(c3ccccc3[nH]c2=O)O1. The van der Waals surface area contributed by atoms with Crippen molar-refractivity contribution in [3.8, 4) is 5.75 Å². The molecular formula is C13H13NO2. The van der Waals surface area contributed by atoms with Crippen LogP contribution in [0.4, 0.5) is 0 Å². The first kappa shape index (κ1) is 9.46. The number of hydrogen-bond donors (Lipinski definition) is 1. The van der Waals surface area contributed by atoms with Crippen molar-refractivity contribution in [1.82, 2.24) is 4.98 Å². The van der Waals surface area contributed by atoms with Gasteiger partial charge in [-0.2, -0.15) is 0 Å². The lowest BCUT2D eigenvalue weighted by atomic mass is 10.0. The van der Waals surface area contributed by atoms with Crippen LogP contribution in [0.2, 0.25) is 0 Å². The van der Waals surface area contributed by atoms with Gasteiger partial charge in [-0.3, -0.25) is 4.79 Å². The first-order valence-electron chi connectivity index (χ1n) is 5.40. The Morgan fingerprint density at radius 2 is 2.06 bits per heavy atom. The molecule has 0 fully saturated rings. The Labute approximate surface area is 93.1 Å². The Morgan fingerprint density at radius 1 is 1.31 bits per heavy atom. The van der Waals surface area contributed by atoms with Crippen molar-refractivity contribution in [2.24, 2.45) is 0 Å². The van der Waals surface area contributed by atoms with E-state index in [4.69, 9.17) is 4.74 Å². The van der Waals surface area contributed by atoms with Gasteiger partial charge in [-0.05, 0) is 26.0 Å². The maximum Gasteiger partial charge on any atom is 0.255 e. The van der Waals surface area contributed by atoms with Crippen LogP contribution in [0.25, 0.3) is 10.9 Å². The number of fused-ring (bicyclic) bond motifs is 3. The number of nitrogens with one attached hydrogen (secondary N) is 1. The van der Waals surface area contributed by atoms with E-state index in [0.29, 0.717) is 6.42 Å². The summed E-state index contributed by atoms with van der Waals surface area (Å²) in [4.78, 5) is 14.8. The van der Waals surface area contributed by atoms with Crippen LogP contribution in [-0.2, 0) is 6.42 Å². The van der Waals surface area contributed by atoms with E-state index in [9.17, 15) is 4.79 Å². The van der Waals surface area contributed by atoms with Gasteiger partial charge in [-0.25, -0.2) is 0 Å².